The highest BCUT2D eigenvalue weighted by molar-refractivity contribution is 6.33. The van der Waals surface area contributed by atoms with Gasteiger partial charge in [-0.3, -0.25) is 19.2 Å². The number of hydrogen-bond donors (Lipinski definition) is 2. The van der Waals surface area contributed by atoms with Crippen LogP contribution in [-0.4, -0.2) is 102 Å². The van der Waals surface area contributed by atoms with E-state index in [1.807, 2.05) is 70.9 Å². The molecule has 2 fully saturated rings. The molecule has 3 aromatic rings. The second kappa shape index (κ2) is 15.0. The molecule has 2 N–H and O–H groups in total. The van der Waals surface area contributed by atoms with Crippen LogP contribution in [0.15, 0.2) is 39.6 Å². The zero-order valence-corrected chi connectivity index (χ0v) is 33.7. The third kappa shape index (κ3) is 6.86. The predicted molar refractivity (Wildman–Crippen MR) is 207 cm³/mol. The van der Waals surface area contributed by atoms with E-state index in [4.69, 9.17) is 18.6 Å². The molecule has 12 heteroatoms. The molecule has 1 aromatic heterocycles. The molecule has 0 saturated carbocycles. The van der Waals surface area contributed by atoms with Crippen LogP contribution in [-0.2, 0) is 19.0 Å². The third-order valence-corrected chi connectivity index (χ3v) is 12.1. The Morgan fingerprint density at radius 1 is 1.00 bits per heavy atom. The number of aliphatic hydroxyl groups is 1. The van der Waals surface area contributed by atoms with Crippen LogP contribution in [0, 0.1) is 6.92 Å². The number of nitrogens with zero attached hydrogens (tertiary/aromatic N) is 2. The van der Waals surface area contributed by atoms with Crippen molar-refractivity contribution in [3.05, 3.63) is 85.3 Å². The minimum absolute atomic E-state index is 0.000525. The SMILES string of the molecule is C/C=C\CC(C)c1cc(=O)c2c(C)cc3c(c2o1)C(=O)c1c(O)c([C@H]2C[C@](C)(N(C)C)[C@H](OC(C)=O)[C@H](C)O2)cc([C@H]2C[C@H](N(C)C)[C@H](O)[C@@H](C)O2)c1C3=O. The Bertz CT molecular complexity index is 2140. The molecule has 6 rings (SSSR count). The Morgan fingerprint density at radius 3 is 2.29 bits per heavy atom. The van der Waals surface area contributed by atoms with E-state index in [1.165, 1.54) is 13.0 Å². The van der Waals surface area contributed by atoms with Crippen molar-refractivity contribution in [3.8, 4) is 5.75 Å². The molecule has 1 unspecified atom stereocenters. The molecule has 0 amide bonds. The van der Waals surface area contributed by atoms with Crippen molar-refractivity contribution in [3.63, 3.8) is 0 Å². The van der Waals surface area contributed by atoms with Crippen LogP contribution in [0.1, 0.15) is 133 Å². The lowest BCUT2D eigenvalue weighted by atomic mass is 9.74. The lowest BCUT2D eigenvalue weighted by molar-refractivity contribution is -0.201. The van der Waals surface area contributed by atoms with Crippen LogP contribution in [0.3, 0.4) is 0 Å². The first kappa shape index (κ1) is 40.5. The van der Waals surface area contributed by atoms with Crippen molar-refractivity contribution in [2.45, 2.75) is 122 Å². The van der Waals surface area contributed by atoms with Gasteiger partial charge in [0, 0.05) is 41.6 Å². The Kier molecular flexibility index (Phi) is 11.1. The number of hydrogen-bond acceptors (Lipinski definition) is 12. The number of allylic oxidation sites excluding steroid dienone is 2. The van der Waals surface area contributed by atoms with Crippen molar-refractivity contribution in [2.24, 2.45) is 0 Å². The molecule has 2 aromatic carbocycles. The predicted octanol–water partition coefficient (Wildman–Crippen LogP) is 5.90. The molecule has 0 bridgehead atoms. The number of phenols is 1. The number of aryl methyl sites for hydroxylation is 1. The summed E-state index contributed by atoms with van der Waals surface area (Å²) in [6.45, 7) is 12.4. The molecule has 296 valence electrons. The maximum atomic E-state index is 15.1. The largest absolute Gasteiger partial charge is 0.507 e. The molecule has 55 heavy (non-hydrogen) atoms. The zero-order chi connectivity index (χ0) is 40.4. The highest BCUT2D eigenvalue weighted by atomic mass is 16.6. The number of ketones is 2. The van der Waals surface area contributed by atoms with E-state index in [0.29, 0.717) is 23.3 Å². The standard InChI is InChI=1S/C43H54N2O10/c1-12-13-14-20(2)30-18-29(47)33-21(3)15-27-35(41(33)55-30)40(51)36-34(39(27)50)25(31-17-28(44(8)9)37(48)22(4)52-31)16-26(38(36)49)32-19-43(7,45(10)11)42(23(5)53-32)54-24(6)46/h12-13,15-16,18,20,22-23,28,31-32,37,42,48-49H,14,17,19H2,1-11H3/b13-12-/t20?,22-,23+,28+,31-,32-,37-,42-,43+/m1/s1. The lowest BCUT2D eigenvalue weighted by Gasteiger charge is -2.50. The first-order chi connectivity index (χ1) is 25.8. The fourth-order valence-electron chi connectivity index (χ4n) is 8.77. The van der Waals surface area contributed by atoms with Gasteiger partial charge in [-0.15, -0.1) is 0 Å². The van der Waals surface area contributed by atoms with Gasteiger partial charge in [-0.1, -0.05) is 19.1 Å². The van der Waals surface area contributed by atoms with Crippen LogP contribution in [0.5, 0.6) is 5.75 Å². The van der Waals surface area contributed by atoms with Crippen LogP contribution in [0.2, 0.25) is 0 Å². The molecular weight excluding hydrogens is 704 g/mol. The molecule has 1 aliphatic carbocycles. The Morgan fingerprint density at radius 2 is 1.67 bits per heavy atom. The summed E-state index contributed by atoms with van der Waals surface area (Å²) in [4.78, 5) is 59.8. The van der Waals surface area contributed by atoms with Gasteiger partial charge in [0.15, 0.2) is 11.2 Å². The molecule has 2 saturated heterocycles. The topological polar surface area (TPSA) is 156 Å². The van der Waals surface area contributed by atoms with Gasteiger partial charge in [-0.25, -0.2) is 0 Å². The summed E-state index contributed by atoms with van der Waals surface area (Å²) in [6.07, 6.45) is 0.692. The number of esters is 1. The number of benzene rings is 2. The number of likely N-dealkylation sites (N-methyl/N-ethyl adjacent to an activating group) is 2. The van der Waals surface area contributed by atoms with Crippen molar-refractivity contribution in [2.75, 3.05) is 28.2 Å². The molecule has 9 atom stereocenters. The minimum atomic E-state index is -0.820. The molecule has 3 heterocycles. The number of ether oxygens (including phenoxy) is 3. The van der Waals surface area contributed by atoms with Crippen LogP contribution in [0.4, 0.5) is 0 Å². The Labute approximate surface area is 322 Å². The quantitative estimate of drug-likeness (QED) is 0.163. The average molecular weight is 759 g/mol. The summed E-state index contributed by atoms with van der Waals surface area (Å²) in [6, 6.07) is 4.34. The number of aromatic hydroxyl groups is 1. The summed E-state index contributed by atoms with van der Waals surface area (Å²) >= 11 is 0. The van der Waals surface area contributed by atoms with Gasteiger partial charge in [0.25, 0.3) is 0 Å². The smallest absolute Gasteiger partial charge is 0.303 e. The summed E-state index contributed by atoms with van der Waals surface area (Å²) in [7, 11) is 7.47. The molecule has 0 spiro atoms. The number of carbonyl (C=O) groups is 3. The number of aliphatic hydroxyl groups excluding tert-OH is 1. The van der Waals surface area contributed by atoms with Gasteiger partial charge in [-0.2, -0.15) is 0 Å². The van der Waals surface area contributed by atoms with Gasteiger partial charge in [0.2, 0.25) is 5.78 Å². The molecule has 0 radical (unpaired) electrons. The Hall–Kier alpha value is -4.20. The number of phenolic OH excluding ortho intramolecular Hbond substituents is 1. The molecule has 12 nitrogen and oxygen atoms in total. The second-order valence-electron chi connectivity index (χ2n) is 16.3. The fourth-order valence-corrected chi connectivity index (χ4v) is 8.77. The van der Waals surface area contributed by atoms with Crippen molar-refractivity contribution in [1.82, 2.24) is 9.80 Å². The summed E-state index contributed by atoms with van der Waals surface area (Å²) in [5.41, 5.74) is -0.203. The molecule has 2 aliphatic heterocycles. The van der Waals surface area contributed by atoms with E-state index in [-0.39, 0.29) is 69.0 Å². The van der Waals surface area contributed by atoms with E-state index in [0.717, 1.165) is 0 Å². The number of carbonyl (C=O) groups excluding carboxylic acids is 3. The maximum Gasteiger partial charge on any atom is 0.303 e. The second-order valence-corrected chi connectivity index (χ2v) is 16.3. The minimum Gasteiger partial charge on any atom is -0.507 e. The average Bonchev–Trinajstić information content (AvgIpc) is 3.11. The van der Waals surface area contributed by atoms with Crippen LogP contribution < -0.4 is 5.43 Å². The van der Waals surface area contributed by atoms with Gasteiger partial charge in [-0.05, 0) is 105 Å². The normalized spacial score (nSPS) is 28.9. The monoisotopic (exact) mass is 758 g/mol. The van der Waals surface area contributed by atoms with Gasteiger partial charge < -0.3 is 38.6 Å². The summed E-state index contributed by atoms with van der Waals surface area (Å²) < 4.78 is 25.2. The first-order valence-electron chi connectivity index (χ1n) is 19.0. The van der Waals surface area contributed by atoms with Crippen molar-refractivity contribution >= 4 is 28.5 Å². The highest BCUT2D eigenvalue weighted by Crippen LogP contribution is 2.50. The summed E-state index contributed by atoms with van der Waals surface area (Å²) in [5, 5.41) is 23.6. The summed E-state index contributed by atoms with van der Waals surface area (Å²) in [5.74, 6) is -1.88. The number of fused-ring (bicyclic) bond motifs is 4. The number of rotatable bonds is 8. The van der Waals surface area contributed by atoms with Crippen LogP contribution >= 0.6 is 0 Å². The van der Waals surface area contributed by atoms with E-state index < -0.39 is 65.4 Å². The van der Waals surface area contributed by atoms with Crippen LogP contribution in [0.25, 0.3) is 11.0 Å². The van der Waals surface area contributed by atoms with Gasteiger partial charge in [0.05, 0.1) is 52.6 Å². The Balaban J connectivity index is 1.61. The van der Waals surface area contributed by atoms with Crippen molar-refractivity contribution in [1.29, 1.82) is 0 Å². The molecular formula is C43H54N2O10. The highest BCUT2D eigenvalue weighted by Gasteiger charge is 2.51. The fraction of sp³-hybridized carbons (Fsp3) is 0.535. The van der Waals surface area contributed by atoms with E-state index in [9.17, 15) is 24.6 Å². The first-order valence-corrected chi connectivity index (χ1v) is 19.0. The van der Waals surface area contributed by atoms with Crippen molar-refractivity contribution < 1.29 is 43.2 Å². The van der Waals surface area contributed by atoms with Gasteiger partial charge >= 0.3 is 5.97 Å². The maximum absolute atomic E-state index is 15.1. The lowest BCUT2D eigenvalue weighted by Crippen LogP contribution is -2.61. The van der Waals surface area contributed by atoms with E-state index in [2.05, 4.69) is 0 Å². The zero-order valence-electron chi connectivity index (χ0n) is 33.7. The van der Waals surface area contributed by atoms with E-state index in [1.54, 1.807) is 32.9 Å². The molecule has 3 aliphatic rings. The van der Waals surface area contributed by atoms with Gasteiger partial charge in [0.1, 0.15) is 23.2 Å². The van der Waals surface area contributed by atoms with E-state index >= 15 is 4.79 Å². The third-order valence-electron chi connectivity index (χ3n) is 12.1.